The highest BCUT2D eigenvalue weighted by Gasteiger charge is 2.37. The lowest BCUT2D eigenvalue weighted by Crippen LogP contribution is -2.18. The molecule has 0 amide bonds. The van der Waals surface area contributed by atoms with Crippen LogP contribution in [0.2, 0.25) is 0 Å². The number of fused-ring (bicyclic) bond motifs is 1. The first-order valence-corrected chi connectivity index (χ1v) is 12.2. The molecule has 0 spiro atoms. The number of hydrogen-bond donors (Lipinski definition) is 0. The topological polar surface area (TPSA) is 60.4 Å². The molecule has 4 aromatic carbocycles. The smallest absolute Gasteiger partial charge is 0.343 e. The summed E-state index contributed by atoms with van der Waals surface area (Å²) >= 11 is 0. The van der Waals surface area contributed by atoms with Gasteiger partial charge in [-0.1, -0.05) is 78.9 Å². The van der Waals surface area contributed by atoms with Crippen LogP contribution >= 0.6 is 0 Å². The van der Waals surface area contributed by atoms with Crippen molar-refractivity contribution in [2.75, 3.05) is 19.2 Å². The quantitative estimate of drug-likeness (QED) is 0.296. The maximum absolute atomic E-state index is 12.8. The molecule has 6 rings (SSSR count). The molecule has 184 valence electrons. The van der Waals surface area contributed by atoms with Crippen molar-refractivity contribution in [1.82, 2.24) is 0 Å². The first kappa shape index (κ1) is 22.9. The number of carbonyl (C=O) groups is 1. The standard InChI is InChI=1S/C31H26N2O4/c1-35-27-18-17-24-28(30(27)36-2)31(34)37-29(24)22-13-15-23(16-14-22)33-26(21-11-7-4-8-12-21)19-25(32-33)20-9-5-3-6-10-20/h3-18,26,29H,19H2,1-2H3/t26-,29+/m1/s1. The summed E-state index contributed by atoms with van der Waals surface area (Å²) in [4.78, 5) is 12.8. The molecule has 0 aromatic heterocycles. The molecule has 0 unspecified atom stereocenters. The minimum absolute atomic E-state index is 0.0871. The lowest BCUT2D eigenvalue weighted by molar-refractivity contribution is 0.0453. The number of carbonyl (C=O) groups excluding carboxylic acids is 1. The van der Waals surface area contributed by atoms with E-state index < -0.39 is 12.1 Å². The van der Waals surface area contributed by atoms with E-state index >= 15 is 0 Å². The van der Waals surface area contributed by atoms with Gasteiger partial charge in [-0.15, -0.1) is 0 Å². The maximum atomic E-state index is 12.8. The Hall–Kier alpha value is -4.58. The number of methoxy groups -OCH3 is 2. The van der Waals surface area contributed by atoms with E-state index in [2.05, 4.69) is 41.4 Å². The maximum Gasteiger partial charge on any atom is 0.343 e. The van der Waals surface area contributed by atoms with Crippen LogP contribution in [0.1, 0.15) is 51.2 Å². The summed E-state index contributed by atoms with van der Waals surface area (Å²) in [6.07, 6.45) is 0.300. The van der Waals surface area contributed by atoms with Crippen molar-refractivity contribution < 1.29 is 19.0 Å². The summed E-state index contributed by atoms with van der Waals surface area (Å²) in [5, 5.41) is 7.12. The fourth-order valence-corrected chi connectivity index (χ4v) is 5.14. The number of hydrazone groups is 1. The second kappa shape index (κ2) is 9.47. The molecule has 2 atom stereocenters. The monoisotopic (exact) mass is 490 g/mol. The van der Waals surface area contributed by atoms with Gasteiger partial charge in [0, 0.05) is 12.0 Å². The van der Waals surface area contributed by atoms with Crippen molar-refractivity contribution in [2.45, 2.75) is 18.6 Å². The molecule has 0 aliphatic carbocycles. The summed E-state index contributed by atoms with van der Waals surface area (Å²) in [5.74, 6) is 0.484. The zero-order valence-electron chi connectivity index (χ0n) is 20.6. The zero-order valence-corrected chi connectivity index (χ0v) is 20.6. The SMILES string of the molecule is COc1ccc2c(c1OC)C(=O)O[C@H]2c1ccc(N2N=C(c3ccccc3)C[C@@H]2c2ccccc2)cc1. The summed E-state index contributed by atoms with van der Waals surface area (Å²) in [6.45, 7) is 0. The van der Waals surface area contributed by atoms with Crippen LogP contribution in [0, 0.1) is 0 Å². The van der Waals surface area contributed by atoms with Crippen LogP contribution < -0.4 is 14.5 Å². The summed E-state index contributed by atoms with van der Waals surface area (Å²) < 4.78 is 16.6. The molecule has 2 aliphatic heterocycles. The first-order chi connectivity index (χ1) is 18.2. The molecule has 0 N–H and O–H groups in total. The van der Waals surface area contributed by atoms with Gasteiger partial charge < -0.3 is 14.2 Å². The van der Waals surface area contributed by atoms with Gasteiger partial charge in [0.2, 0.25) is 0 Å². The van der Waals surface area contributed by atoms with Crippen LogP contribution in [-0.2, 0) is 4.74 Å². The highest BCUT2D eigenvalue weighted by atomic mass is 16.6. The fourth-order valence-electron chi connectivity index (χ4n) is 5.14. The van der Waals surface area contributed by atoms with E-state index in [-0.39, 0.29) is 6.04 Å². The molecular weight excluding hydrogens is 464 g/mol. The van der Waals surface area contributed by atoms with E-state index in [1.54, 1.807) is 13.2 Å². The zero-order chi connectivity index (χ0) is 25.4. The molecule has 6 heteroatoms. The Morgan fingerprint density at radius 2 is 1.51 bits per heavy atom. The Bertz CT molecular complexity index is 1470. The Morgan fingerprint density at radius 1 is 0.811 bits per heavy atom. The van der Waals surface area contributed by atoms with Crippen LogP contribution in [-0.4, -0.2) is 25.9 Å². The second-order valence-corrected chi connectivity index (χ2v) is 9.03. The number of cyclic esters (lactones) is 1. The summed E-state index contributed by atoms with van der Waals surface area (Å²) in [6, 6.07) is 32.6. The molecular formula is C31H26N2O4. The van der Waals surface area contributed by atoms with Gasteiger partial charge in [-0.25, -0.2) is 4.79 Å². The van der Waals surface area contributed by atoms with Crippen molar-refractivity contribution in [3.63, 3.8) is 0 Å². The second-order valence-electron chi connectivity index (χ2n) is 9.03. The minimum atomic E-state index is -0.511. The average molecular weight is 491 g/mol. The Kier molecular flexibility index (Phi) is 5.85. The van der Waals surface area contributed by atoms with Crippen molar-refractivity contribution in [3.8, 4) is 11.5 Å². The van der Waals surface area contributed by atoms with Gasteiger partial charge in [-0.2, -0.15) is 5.10 Å². The predicted molar refractivity (Wildman–Crippen MR) is 143 cm³/mol. The van der Waals surface area contributed by atoms with Gasteiger partial charge >= 0.3 is 5.97 Å². The molecule has 6 nitrogen and oxygen atoms in total. The third-order valence-electron chi connectivity index (χ3n) is 6.95. The third kappa shape index (κ3) is 4.00. The van der Waals surface area contributed by atoms with Crippen molar-refractivity contribution in [3.05, 3.63) is 125 Å². The van der Waals surface area contributed by atoms with Gasteiger partial charge in [0.05, 0.1) is 31.7 Å². The molecule has 2 heterocycles. The van der Waals surface area contributed by atoms with Crippen LogP contribution in [0.25, 0.3) is 0 Å². The van der Waals surface area contributed by atoms with Crippen molar-refractivity contribution >= 4 is 17.4 Å². The number of ether oxygens (including phenoxy) is 3. The molecule has 2 aliphatic rings. The van der Waals surface area contributed by atoms with Gasteiger partial charge in [0.15, 0.2) is 17.6 Å². The van der Waals surface area contributed by atoms with Gasteiger partial charge in [0.1, 0.15) is 5.56 Å². The third-order valence-corrected chi connectivity index (χ3v) is 6.95. The van der Waals surface area contributed by atoms with E-state index in [9.17, 15) is 4.79 Å². The number of nitrogens with zero attached hydrogens (tertiary/aromatic N) is 2. The number of rotatable bonds is 6. The highest BCUT2D eigenvalue weighted by Crippen LogP contribution is 2.45. The van der Waals surface area contributed by atoms with E-state index in [0.717, 1.165) is 34.5 Å². The first-order valence-electron chi connectivity index (χ1n) is 12.2. The number of anilines is 1. The van der Waals surface area contributed by atoms with Crippen LogP contribution in [0.5, 0.6) is 11.5 Å². The van der Waals surface area contributed by atoms with E-state index in [1.165, 1.54) is 12.7 Å². The minimum Gasteiger partial charge on any atom is -0.493 e. The molecule has 4 aromatic rings. The van der Waals surface area contributed by atoms with Crippen LogP contribution in [0.4, 0.5) is 5.69 Å². The Labute approximate surface area is 215 Å². The van der Waals surface area contributed by atoms with Gasteiger partial charge in [-0.05, 0) is 34.9 Å². The Morgan fingerprint density at radius 3 is 2.19 bits per heavy atom. The van der Waals surface area contributed by atoms with Crippen molar-refractivity contribution in [1.29, 1.82) is 0 Å². The molecule has 0 saturated carbocycles. The molecule has 0 radical (unpaired) electrons. The molecule has 0 fully saturated rings. The number of hydrogen-bond acceptors (Lipinski definition) is 6. The summed E-state index contributed by atoms with van der Waals surface area (Å²) in [7, 11) is 3.07. The molecule has 37 heavy (non-hydrogen) atoms. The van der Waals surface area contributed by atoms with Crippen LogP contribution in [0.3, 0.4) is 0 Å². The average Bonchev–Trinajstić information content (AvgIpc) is 3.56. The fraction of sp³-hybridized carbons (Fsp3) is 0.161. The number of benzene rings is 4. The van der Waals surface area contributed by atoms with E-state index in [4.69, 9.17) is 19.3 Å². The van der Waals surface area contributed by atoms with Gasteiger partial charge in [-0.3, -0.25) is 5.01 Å². The molecule has 0 saturated heterocycles. The van der Waals surface area contributed by atoms with Crippen molar-refractivity contribution in [2.24, 2.45) is 5.10 Å². The lowest BCUT2D eigenvalue weighted by atomic mass is 9.97. The summed E-state index contributed by atoms with van der Waals surface area (Å²) in [5.41, 5.74) is 6.42. The van der Waals surface area contributed by atoms with Crippen LogP contribution in [0.15, 0.2) is 102 Å². The van der Waals surface area contributed by atoms with E-state index in [1.807, 2.05) is 54.6 Å². The van der Waals surface area contributed by atoms with Gasteiger partial charge in [0.25, 0.3) is 0 Å². The van der Waals surface area contributed by atoms with E-state index in [0.29, 0.717) is 17.1 Å². The predicted octanol–water partition coefficient (Wildman–Crippen LogP) is 6.32. The Balaban J connectivity index is 1.34. The molecule has 0 bridgehead atoms. The lowest BCUT2D eigenvalue weighted by Gasteiger charge is -2.24. The normalized spacial score (nSPS) is 18.3. The highest BCUT2D eigenvalue weighted by molar-refractivity contribution is 6.03. The number of esters is 1. The largest absolute Gasteiger partial charge is 0.493 e.